The molecule has 0 aliphatic heterocycles. The van der Waals surface area contributed by atoms with Crippen molar-refractivity contribution in [1.82, 2.24) is 4.90 Å². The first-order valence-corrected chi connectivity index (χ1v) is 19.0. The second kappa shape index (κ2) is 37.3. The van der Waals surface area contributed by atoms with Crippen molar-refractivity contribution in [1.29, 1.82) is 0 Å². The Bertz CT molecular complexity index is 704. The highest BCUT2D eigenvalue weighted by Crippen LogP contribution is 2.18. The third-order valence-electron chi connectivity index (χ3n) is 7.92. The number of hydrogen-bond acceptors (Lipinski definition) is 7. The van der Waals surface area contributed by atoms with Crippen molar-refractivity contribution in [2.45, 2.75) is 174 Å². The molecular weight excluding hydrogens is 574 g/mol. The SMILES string of the molecule is CCCC/C=C\CO/N=C/CCCCCCCCC(CCCCCCCC/C=N/OC/C=C\CCCC)OC(=O)CCCN(C)C. The molecule has 0 spiro atoms. The van der Waals surface area contributed by atoms with E-state index < -0.39 is 0 Å². The summed E-state index contributed by atoms with van der Waals surface area (Å²) in [6.07, 6.45) is 39.3. The van der Waals surface area contributed by atoms with Crippen LogP contribution in [0.15, 0.2) is 34.6 Å². The molecule has 0 bridgehead atoms. The summed E-state index contributed by atoms with van der Waals surface area (Å²) in [5, 5.41) is 8.10. The van der Waals surface area contributed by atoms with Crippen molar-refractivity contribution in [2.75, 3.05) is 33.9 Å². The van der Waals surface area contributed by atoms with Crippen LogP contribution in [0.25, 0.3) is 0 Å². The van der Waals surface area contributed by atoms with E-state index in [1.165, 1.54) is 77.0 Å². The molecule has 0 amide bonds. The first kappa shape index (κ1) is 43.9. The molecule has 7 nitrogen and oxygen atoms in total. The van der Waals surface area contributed by atoms with Crippen LogP contribution in [-0.4, -0.2) is 63.3 Å². The molecular formula is C39H73N3O4. The minimum atomic E-state index is -0.0248. The van der Waals surface area contributed by atoms with E-state index in [1.54, 1.807) is 0 Å². The van der Waals surface area contributed by atoms with Crippen LogP contribution in [0.1, 0.15) is 168 Å². The van der Waals surface area contributed by atoms with Crippen molar-refractivity contribution in [3.05, 3.63) is 24.3 Å². The minimum Gasteiger partial charge on any atom is -0.462 e. The number of carbonyl (C=O) groups excluding carboxylic acids is 1. The van der Waals surface area contributed by atoms with E-state index in [1.807, 2.05) is 26.5 Å². The van der Waals surface area contributed by atoms with Crippen molar-refractivity contribution in [3.8, 4) is 0 Å². The molecule has 0 saturated carbocycles. The van der Waals surface area contributed by atoms with Crippen LogP contribution < -0.4 is 0 Å². The standard InChI is InChI=1S/C39H73N3O4/c1-5-7-9-21-27-36-44-40-33-25-19-15-11-13-17-23-30-38(46-39(43)32-29-35-42(3)4)31-24-18-14-12-16-20-26-34-41-45-37-28-22-10-8-6-2/h21-22,27-28,33-34,38H,5-20,23-26,29-32,35-37H2,1-4H3/b27-21-,28-22-,40-33+,41-34+. The van der Waals surface area contributed by atoms with Gasteiger partial charge in [0.05, 0.1) is 0 Å². The van der Waals surface area contributed by atoms with Gasteiger partial charge >= 0.3 is 5.97 Å². The van der Waals surface area contributed by atoms with E-state index >= 15 is 0 Å². The van der Waals surface area contributed by atoms with Crippen LogP contribution in [0, 0.1) is 0 Å². The molecule has 0 aromatic carbocycles. The number of ether oxygens (including phenoxy) is 1. The Balaban J connectivity index is 4.00. The number of unbranched alkanes of at least 4 members (excludes halogenated alkanes) is 16. The molecule has 0 saturated heterocycles. The van der Waals surface area contributed by atoms with Gasteiger partial charge in [0.15, 0.2) is 0 Å². The summed E-state index contributed by atoms with van der Waals surface area (Å²) in [6, 6.07) is 0. The van der Waals surface area contributed by atoms with Crippen LogP contribution >= 0.6 is 0 Å². The Morgan fingerprint density at radius 1 is 0.587 bits per heavy atom. The van der Waals surface area contributed by atoms with E-state index in [9.17, 15) is 4.79 Å². The highest BCUT2D eigenvalue weighted by molar-refractivity contribution is 5.69. The molecule has 0 atom stereocenters. The fraction of sp³-hybridized carbons (Fsp3) is 0.821. The predicted molar refractivity (Wildman–Crippen MR) is 198 cm³/mol. The Hall–Kier alpha value is -2.15. The van der Waals surface area contributed by atoms with Gasteiger partial charge in [-0.3, -0.25) is 4.79 Å². The zero-order chi connectivity index (χ0) is 33.6. The molecule has 0 unspecified atom stereocenters. The predicted octanol–water partition coefficient (Wildman–Crippen LogP) is 11.0. The topological polar surface area (TPSA) is 72.7 Å². The fourth-order valence-electron chi connectivity index (χ4n) is 5.07. The van der Waals surface area contributed by atoms with Crippen LogP contribution in [0.5, 0.6) is 0 Å². The molecule has 0 aliphatic carbocycles. The van der Waals surface area contributed by atoms with Crippen LogP contribution in [0.4, 0.5) is 0 Å². The fourth-order valence-corrected chi connectivity index (χ4v) is 5.07. The summed E-state index contributed by atoms with van der Waals surface area (Å²) in [7, 11) is 4.09. The number of rotatable bonds is 35. The van der Waals surface area contributed by atoms with Gasteiger partial charge in [-0.2, -0.15) is 0 Å². The number of esters is 1. The first-order chi connectivity index (χ1) is 22.6. The molecule has 0 radical (unpaired) electrons. The second-order valence-electron chi connectivity index (χ2n) is 12.8. The third-order valence-corrected chi connectivity index (χ3v) is 7.92. The molecule has 0 aromatic heterocycles. The first-order valence-electron chi connectivity index (χ1n) is 19.0. The molecule has 268 valence electrons. The van der Waals surface area contributed by atoms with E-state index in [0.717, 1.165) is 77.2 Å². The van der Waals surface area contributed by atoms with E-state index in [4.69, 9.17) is 14.4 Å². The van der Waals surface area contributed by atoms with Gasteiger partial charge in [-0.15, -0.1) is 0 Å². The molecule has 0 rings (SSSR count). The monoisotopic (exact) mass is 648 g/mol. The van der Waals surface area contributed by atoms with Gasteiger partial charge < -0.3 is 19.3 Å². The number of hydrogen-bond donors (Lipinski definition) is 0. The zero-order valence-corrected chi connectivity index (χ0v) is 30.6. The molecule has 46 heavy (non-hydrogen) atoms. The number of carbonyl (C=O) groups is 1. The largest absolute Gasteiger partial charge is 0.462 e. The molecule has 0 N–H and O–H groups in total. The third kappa shape index (κ3) is 36.3. The van der Waals surface area contributed by atoms with Crippen molar-refractivity contribution in [2.24, 2.45) is 10.3 Å². The Labute approximate surface area is 284 Å². The van der Waals surface area contributed by atoms with E-state index in [-0.39, 0.29) is 12.1 Å². The normalized spacial score (nSPS) is 12.2. The maximum atomic E-state index is 12.5. The summed E-state index contributed by atoms with van der Waals surface area (Å²) < 4.78 is 5.96. The van der Waals surface area contributed by atoms with Gasteiger partial charge in [0, 0.05) is 18.9 Å². The van der Waals surface area contributed by atoms with Crippen LogP contribution in [0.3, 0.4) is 0 Å². The summed E-state index contributed by atoms with van der Waals surface area (Å²) >= 11 is 0. The number of allylic oxidation sites excluding steroid dienone is 2. The van der Waals surface area contributed by atoms with Gasteiger partial charge in [-0.05, 0) is 103 Å². The molecule has 7 heteroatoms. The highest BCUT2D eigenvalue weighted by Gasteiger charge is 2.14. The van der Waals surface area contributed by atoms with Crippen molar-refractivity contribution < 1.29 is 19.2 Å². The summed E-state index contributed by atoms with van der Waals surface area (Å²) in [5.41, 5.74) is 0. The Morgan fingerprint density at radius 3 is 1.50 bits per heavy atom. The Morgan fingerprint density at radius 2 is 1.04 bits per heavy atom. The summed E-state index contributed by atoms with van der Waals surface area (Å²) in [6.45, 7) is 6.46. The van der Waals surface area contributed by atoms with Gasteiger partial charge in [0.1, 0.15) is 19.3 Å². The lowest BCUT2D eigenvalue weighted by molar-refractivity contribution is -0.150. The Kier molecular flexibility index (Phi) is 35.6. The van der Waals surface area contributed by atoms with Crippen molar-refractivity contribution >= 4 is 18.4 Å². The molecule has 0 heterocycles. The zero-order valence-electron chi connectivity index (χ0n) is 30.6. The lowest BCUT2D eigenvalue weighted by Crippen LogP contribution is -2.20. The molecule has 0 fully saturated rings. The second-order valence-corrected chi connectivity index (χ2v) is 12.8. The van der Waals surface area contributed by atoms with Gasteiger partial charge in [-0.1, -0.05) is 113 Å². The summed E-state index contributed by atoms with van der Waals surface area (Å²) in [4.78, 5) is 25.2. The summed E-state index contributed by atoms with van der Waals surface area (Å²) in [5.74, 6) is -0.0248. The van der Waals surface area contributed by atoms with Crippen LogP contribution in [0.2, 0.25) is 0 Å². The van der Waals surface area contributed by atoms with E-state index in [0.29, 0.717) is 19.6 Å². The maximum absolute atomic E-state index is 12.5. The van der Waals surface area contributed by atoms with Gasteiger partial charge in [0.2, 0.25) is 0 Å². The van der Waals surface area contributed by atoms with Crippen LogP contribution in [-0.2, 0) is 19.2 Å². The number of nitrogens with zero attached hydrogens (tertiary/aromatic N) is 3. The van der Waals surface area contributed by atoms with Crippen molar-refractivity contribution in [3.63, 3.8) is 0 Å². The van der Waals surface area contributed by atoms with Gasteiger partial charge in [0.25, 0.3) is 0 Å². The lowest BCUT2D eigenvalue weighted by atomic mass is 10.0. The van der Waals surface area contributed by atoms with E-state index in [2.05, 4.69) is 53.4 Å². The average molecular weight is 648 g/mol. The average Bonchev–Trinajstić information content (AvgIpc) is 3.04. The smallest absolute Gasteiger partial charge is 0.306 e. The van der Waals surface area contributed by atoms with Gasteiger partial charge in [-0.25, -0.2) is 0 Å². The molecule has 0 aliphatic rings. The quantitative estimate of drug-likeness (QED) is 0.0225. The molecule has 0 aromatic rings. The highest BCUT2D eigenvalue weighted by atomic mass is 16.6. The lowest BCUT2D eigenvalue weighted by Gasteiger charge is -2.18. The number of oxime groups is 2. The maximum Gasteiger partial charge on any atom is 0.306 e. The minimum absolute atomic E-state index is 0.0248.